The molecule has 1 amide bonds. The van der Waals surface area contributed by atoms with Gasteiger partial charge in [0, 0.05) is 48.1 Å². The number of likely N-dealkylation sites (N-methyl/N-ethyl adjacent to an activating group) is 1. The van der Waals surface area contributed by atoms with E-state index in [1.807, 2.05) is 36.4 Å². The Kier molecular flexibility index (Phi) is 5.58. The number of benzene rings is 2. The number of likely N-dealkylation sites (tertiary alicyclic amines) is 1. The van der Waals surface area contributed by atoms with Crippen LogP contribution in [0.1, 0.15) is 16.8 Å². The predicted molar refractivity (Wildman–Crippen MR) is 130 cm³/mol. The molecule has 1 fully saturated rings. The highest BCUT2D eigenvalue weighted by Crippen LogP contribution is 2.32. The second-order valence-corrected chi connectivity index (χ2v) is 8.34. The van der Waals surface area contributed by atoms with Crippen LogP contribution < -0.4 is 16.4 Å². The molecule has 166 valence electrons. The van der Waals surface area contributed by atoms with Gasteiger partial charge in [0.1, 0.15) is 0 Å². The molecule has 0 aliphatic carbocycles. The van der Waals surface area contributed by atoms with Crippen molar-refractivity contribution in [2.24, 2.45) is 0 Å². The standard InChI is InChI=1S/C25H25N7O/c1-32-11-7-18(15-32)31-25(33)20-6-8-27-14-23(20)30-19-12-21(16-2-4-17(26)5-3-16)24-22(13-19)28-9-10-29-24/h2-6,8-10,12-14,18,30H,7,11,15,26H2,1H3,(H,31,33). The molecule has 8 heteroatoms. The third kappa shape index (κ3) is 4.47. The van der Waals surface area contributed by atoms with E-state index in [9.17, 15) is 4.79 Å². The molecule has 0 spiro atoms. The van der Waals surface area contributed by atoms with Crippen LogP contribution in [-0.2, 0) is 0 Å². The summed E-state index contributed by atoms with van der Waals surface area (Å²) in [5.41, 5.74) is 12.0. The number of carbonyl (C=O) groups is 1. The van der Waals surface area contributed by atoms with Crippen molar-refractivity contribution >= 4 is 34.0 Å². The molecule has 8 nitrogen and oxygen atoms in total. The van der Waals surface area contributed by atoms with Crippen LogP contribution in [0.15, 0.2) is 67.3 Å². The predicted octanol–water partition coefficient (Wildman–Crippen LogP) is 3.45. The number of carbonyl (C=O) groups excluding carboxylic acids is 1. The van der Waals surface area contributed by atoms with Crippen LogP contribution in [0.4, 0.5) is 17.1 Å². The lowest BCUT2D eigenvalue weighted by Crippen LogP contribution is -2.36. The minimum Gasteiger partial charge on any atom is -0.399 e. The van der Waals surface area contributed by atoms with E-state index in [4.69, 9.17) is 5.73 Å². The summed E-state index contributed by atoms with van der Waals surface area (Å²) in [6.07, 6.45) is 7.59. The van der Waals surface area contributed by atoms with Gasteiger partial charge in [-0.3, -0.25) is 19.7 Å². The van der Waals surface area contributed by atoms with E-state index >= 15 is 0 Å². The van der Waals surface area contributed by atoms with Crippen molar-refractivity contribution in [2.45, 2.75) is 12.5 Å². The van der Waals surface area contributed by atoms with Crippen molar-refractivity contribution < 1.29 is 4.79 Å². The number of hydrogen-bond acceptors (Lipinski definition) is 7. The third-order valence-electron chi connectivity index (χ3n) is 5.87. The average molecular weight is 440 g/mol. The first kappa shape index (κ1) is 20.8. The van der Waals surface area contributed by atoms with Crippen molar-refractivity contribution in [1.82, 2.24) is 25.2 Å². The van der Waals surface area contributed by atoms with Crippen LogP contribution in [-0.4, -0.2) is 51.9 Å². The molecule has 1 unspecified atom stereocenters. The number of nitrogens with zero attached hydrogens (tertiary/aromatic N) is 4. The van der Waals surface area contributed by atoms with Crippen LogP contribution in [0.25, 0.3) is 22.2 Å². The summed E-state index contributed by atoms with van der Waals surface area (Å²) in [6, 6.07) is 13.5. The minimum atomic E-state index is -0.112. The van der Waals surface area contributed by atoms with E-state index in [2.05, 4.69) is 37.5 Å². The first-order valence-corrected chi connectivity index (χ1v) is 10.9. The molecule has 2 aromatic carbocycles. The number of fused-ring (bicyclic) bond motifs is 1. The number of anilines is 3. The zero-order chi connectivity index (χ0) is 22.8. The Bertz CT molecular complexity index is 1310. The lowest BCUT2D eigenvalue weighted by Gasteiger charge is -2.16. The van der Waals surface area contributed by atoms with Crippen LogP contribution >= 0.6 is 0 Å². The first-order chi connectivity index (χ1) is 16.1. The number of hydrogen-bond donors (Lipinski definition) is 3. The molecule has 1 aliphatic heterocycles. The number of nitrogens with one attached hydrogen (secondary N) is 2. The molecule has 33 heavy (non-hydrogen) atoms. The smallest absolute Gasteiger partial charge is 0.253 e. The van der Waals surface area contributed by atoms with Gasteiger partial charge in [0.15, 0.2) is 0 Å². The van der Waals surface area contributed by atoms with E-state index in [1.165, 1.54) is 0 Å². The largest absolute Gasteiger partial charge is 0.399 e. The van der Waals surface area contributed by atoms with Crippen LogP contribution in [0, 0.1) is 0 Å². The lowest BCUT2D eigenvalue weighted by molar-refractivity contribution is 0.0939. The van der Waals surface area contributed by atoms with Gasteiger partial charge in [0.25, 0.3) is 5.91 Å². The normalized spacial score (nSPS) is 16.1. The van der Waals surface area contributed by atoms with Crippen molar-refractivity contribution in [3.8, 4) is 11.1 Å². The van der Waals surface area contributed by atoms with E-state index in [0.717, 1.165) is 47.4 Å². The lowest BCUT2D eigenvalue weighted by atomic mass is 10.0. The number of nitrogen functional groups attached to an aromatic ring is 1. The molecular formula is C25H25N7O. The van der Waals surface area contributed by atoms with Crippen molar-refractivity contribution in [2.75, 3.05) is 31.2 Å². The summed E-state index contributed by atoms with van der Waals surface area (Å²) in [7, 11) is 2.06. The summed E-state index contributed by atoms with van der Waals surface area (Å²) >= 11 is 0. The maximum absolute atomic E-state index is 13.0. The first-order valence-electron chi connectivity index (χ1n) is 10.9. The van der Waals surface area contributed by atoms with Crippen molar-refractivity contribution in [1.29, 1.82) is 0 Å². The van der Waals surface area contributed by atoms with Gasteiger partial charge in [-0.25, -0.2) is 0 Å². The zero-order valence-corrected chi connectivity index (χ0v) is 18.3. The van der Waals surface area contributed by atoms with Gasteiger partial charge in [0.2, 0.25) is 0 Å². The molecule has 0 saturated carbocycles. The molecule has 0 bridgehead atoms. The Labute approximate surface area is 191 Å². The molecule has 0 radical (unpaired) electrons. The van der Waals surface area contributed by atoms with E-state index in [0.29, 0.717) is 16.9 Å². The third-order valence-corrected chi connectivity index (χ3v) is 5.87. The summed E-state index contributed by atoms with van der Waals surface area (Å²) in [5.74, 6) is -0.112. The molecule has 3 heterocycles. The summed E-state index contributed by atoms with van der Waals surface area (Å²) in [4.78, 5) is 28.5. The molecule has 2 aromatic heterocycles. The number of rotatable bonds is 5. The maximum Gasteiger partial charge on any atom is 0.253 e. The van der Waals surface area contributed by atoms with Crippen LogP contribution in [0.3, 0.4) is 0 Å². The zero-order valence-electron chi connectivity index (χ0n) is 18.3. The summed E-state index contributed by atoms with van der Waals surface area (Å²) in [5, 5.41) is 6.52. The van der Waals surface area contributed by atoms with Gasteiger partial charge < -0.3 is 21.3 Å². The number of aromatic nitrogens is 3. The Balaban J connectivity index is 1.49. The summed E-state index contributed by atoms with van der Waals surface area (Å²) in [6.45, 7) is 1.84. The number of amides is 1. The van der Waals surface area contributed by atoms with Crippen LogP contribution in [0.2, 0.25) is 0 Å². The second kappa shape index (κ2) is 8.84. The second-order valence-electron chi connectivity index (χ2n) is 8.34. The minimum absolute atomic E-state index is 0.112. The fraction of sp³-hybridized carbons (Fsp3) is 0.200. The SMILES string of the molecule is CN1CCC(NC(=O)c2ccncc2Nc2cc(-c3ccc(N)cc3)c3nccnc3c2)C1. The Morgan fingerprint density at radius 1 is 1.09 bits per heavy atom. The van der Waals surface area contributed by atoms with E-state index in [1.54, 1.807) is 30.9 Å². The topological polar surface area (TPSA) is 109 Å². The van der Waals surface area contributed by atoms with Crippen LogP contribution in [0.5, 0.6) is 0 Å². The maximum atomic E-state index is 13.0. The number of pyridine rings is 1. The van der Waals surface area contributed by atoms with E-state index < -0.39 is 0 Å². The molecule has 1 saturated heterocycles. The van der Waals surface area contributed by atoms with E-state index in [-0.39, 0.29) is 11.9 Å². The monoisotopic (exact) mass is 439 g/mol. The summed E-state index contributed by atoms with van der Waals surface area (Å²) < 4.78 is 0. The fourth-order valence-corrected chi connectivity index (χ4v) is 4.19. The highest BCUT2D eigenvalue weighted by Gasteiger charge is 2.23. The Hall–Kier alpha value is -4.04. The average Bonchev–Trinajstić information content (AvgIpc) is 3.24. The molecular weight excluding hydrogens is 414 g/mol. The van der Waals surface area contributed by atoms with Gasteiger partial charge in [-0.2, -0.15) is 0 Å². The molecule has 5 rings (SSSR count). The highest BCUT2D eigenvalue weighted by molar-refractivity contribution is 6.01. The van der Waals surface area contributed by atoms with Crippen molar-refractivity contribution in [3.05, 3.63) is 72.8 Å². The Morgan fingerprint density at radius 3 is 2.70 bits per heavy atom. The quantitative estimate of drug-likeness (QED) is 0.409. The molecule has 1 atom stereocenters. The van der Waals surface area contributed by atoms with Crippen molar-refractivity contribution in [3.63, 3.8) is 0 Å². The van der Waals surface area contributed by atoms with Gasteiger partial charge in [0.05, 0.1) is 28.5 Å². The highest BCUT2D eigenvalue weighted by atomic mass is 16.1. The molecule has 4 aromatic rings. The molecule has 4 N–H and O–H groups in total. The fourth-order valence-electron chi connectivity index (χ4n) is 4.19. The van der Waals surface area contributed by atoms with Gasteiger partial charge >= 0.3 is 0 Å². The van der Waals surface area contributed by atoms with Gasteiger partial charge in [-0.15, -0.1) is 0 Å². The van der Waals surface area contributed by atoms with Gasteiger partial charge in [-0.1, -0.05) is 12.1 Å². The molecule has 1 aliphatic rings. The number of nitrogens with two attached hydrogens (primary N) is 1. The Morgan fingerprint density at radius 2 is 1.91 bits per heavy atom. The van der Waals surface area contributed by atoms with Gasteiger partial charge in [-0.05, 0) is 55.9 Å².